The number of H-pyrrole nitrogens is 1. The quantitative estimate of drug-likeness (QED) is 0.897. The molecule has 7 heteroatoms. The van der Waals surface area contributed by atoms with Crippen molar-refractivity contribution in [2.45, 2.75) is 19.1 Å². The van der Waals surface area contributed by atoms with Crippen molar-refractivity contribution in [3.63, 3.8) is 0 Å². The molecule has 1 saturated heterocycles. The van der Waals surface area contributed by atoms with Crippen LogP contribution in [0.4, 0.5) is 0 Å². The Morgan fingerprint density at radius 3 is 3.24 bits per heavy atom. The third-order valence-corrected chi connectivity index (χ3v) is 4.28. The van der Waals surface area contributed by atoms with E-state index in [1.165, 1.54) is 0 Å². The molecule has 2 aromatic heterocycles. The number of hydrogen-bond acceptors (Lipinski definition) is 5. The van der Waals surface area contributed by atoms with Crippen LogP contribution in [0.25, 0.3) is 11.3 Å². The van der Waals surface area contributed by atoms with Crippen molar-refractivity contribution in [3.8, 4) is 11.3 Å². The molecule has 112 valence electrons. The van der Waals surface area contributed by atoms with E-state index in [-0.39, 0.29) is 12.0 Å². The fraction of sp³-hybridized carbons (Fsp3) is 0.429. The highest BCUT2D eigenvalue weighted by Crippen LogP contribution is 2.25. The summed E-state index contributed by atoms with van der Waals surface area (Å²) in [5.74, 6) is -0.0844. The van der Waals surface area contributed by atoms with Gasteiger partial charge in [0, 0.05) is 24.0 Å². The summed E-state index contributed by atoms with van der Waals surface area (Å²) < 4.78 is 5.47. The van der Waals surface area contributed by atoms with Gasteiger partial charge in [0.05, 0.1) is 30.2 Å². The number of aromatic nitrogens is 2. The number of nitrogens with one attached hydrogen (secondary N) is 1. The monoisotopic (exact) mass is 307 g/mol. The maximum atomic E-state index is 12.7. The maximum absolute atomic E-state index is 12.7. The first-order chi connectivity index (χ1) is 10.2. The summed E-state index contributed by atoms with van der Waals surface area (Å²) >= 11 is 1.57. The molecular formula is C14H17N3O3S. The molecule has 2 unspecified atom stereocenters. The predicted octanol–water partition coefficient (Wildman–Crippen LogP) is 1.36. The Hall–Kier alpha value is -1.70. The van der Waals surface area contributed by atoms with E-state index in [4.69, 9.17) is 4.74 Å². The number of aromatic amines is 1. The molecule has 1 amide bonds. The predicted molar refractivity (Wildman–Crippen MR) is 79.2 cm³/mol. The number of carbonyl (C=O) groups excluding carboxylic acids is 1. The Morgan fingerprint density at radius 2 is 2.52 bits per heavy atom. The van der Waals surface area contributed by atoms with Crippen molar-refractivity contribution in [3.05, 3.63) is 28.6 Å². The number of morpholine rings is 1. The molecule has 1 aliphatic rings. The average Bonchev–Trinajstić information content (AvgIpc) is 3.17. The molecular weight excluding hydrogens is 290 g/mol. The highest BCUT2D eigenvalue weighted by Gasteiger charge is 2.29. The van der Waals surface area contributed by atoms with Gasteiger partial charge in [-0.05, 0) is 18.4 Å². The Balaban J connectivity index is 1.81. The van der Waals surface area contributed by atoms with Gasteiger partial charge in [-0.1, -0.05) is 0 Å². The summed E-state index contributed by atoms with van der Waals surface area (Å²) in [5.41, 5.74) is 2.25. The number of rotatable bonds is 3. The van der Waals surface area contributed by atoms with E-state index in [1.807, 2.05) is 16.8 Å². The fourth-order valence-corrected chi connectivity index (χ4v) is 3.04. The van der Waals surface area contributed by atoms with E-state index < -0.39 is 6.10 Å². The lowest BCUT2D eigenvalue weighted by Crippen LogP contribution is -2.49. The van der Waals surface area contributed by atoms with Gasteiger partial charge in [-0.3, -0.25) is 9.89 Å². The third kappa shape index (κ3) is 2.85. The number of thiophene rings is 1. The highest BCUT2D eigenvalue weighted by molar-refractivity contribution is 7.08. The van der Waals surface area contributed by atoms with E-state index >= 15 is 0 Å². The number of nitrogens with zero attached hydrogens (tertiary/aromatic N) is 2. The number of aliphatic hydroxyl groups is 1. The Kier molecular flexibility index (Phi) is 4.05. The van der Waals surface area contributed by atoms with E-state index in [0.717, 1.165) is 11.3 Å². The zero-order valence-corrected chi connectivity index (χ0v) is 12.5. The first-order valence-corrected chi connectivity index (χ1v) is 7.76. The molecule has 0 spiro atoms. The van der Waals surface area contributed by atoms with Crippen LogP contribution >= 0.6 is 11.3 Å². The van der Waals surface area contributed by atoms with Crippen LogP contribution in [-0.4, -0.2) is 58.0 Å². The second-order valence-corrected chi connectivity index (χ2v) is 5.85. The lowest BCUT2D eigenvalue weighted by Gasteiger charge is -2.34. The minimum Gasteiger partial charge on any atom is -0.391 e. The van der Waals surface area contributed by atoms with Gasteiger partial charge in [-0.25, -0.2) is 0 Å². The van der Waals surface area contributed by atoms with Crippen LogP contribution < -0.4 is 0 Å². The van der Waals surface area contributed by atoms with Gasteiger partial charge in [0.1, 0.15) is 6.10 Å². The number of aliphatic hydroxyl groups excluding tert-OH is 1. The summed E-state index contributed by atoms with van der Waals surface area (Å²) in [4.78, 5) is 14.4. The van der Waals surface area contributed by atoms with Crippen molar-refractivity contribution in [1.29, 1.82) is 0 Å². The smallest absolute Gasteiger partial charge is 0.257 e. The summed E-state index contributed by atoms with van der Waals surface area (Å²) in [5, 5.41) is 20.5. The molecule has 0 saturated carbocycles. The van der Waals surface area contributed by atoms with Crippen LogP contribution in [0, 0.1) is 0 Å². The van der Waals surface area contributed by atoms with Crippen LogP contribution in [0.5, 0.6) is 0 Å². The SMILES string of the molecule is CC(O)C1CN(C(=O)c2cn[nH]c2-c2ccsc2)CCO1. The Morgan fingerprint density at radius 1 is 1.67 bits per heavy atom. The fourth-order valence-electron chi connectivity index (χ4n) is 2.40. The second-order valence-electron chi connectivity index (χ2n) is 5.07. The first kappa shape index (κ1) is 14.2. The van der Waals surface area contributed by atoms with Gasteiger partial charge in [0.15, 0.2) is 0 Å². The topological polar surface area (TPSA) is 78.5 Å². The van der Waals surface area contributed by atoms with Crippen LogP contribution in [-0.2, 0) is 4.74 Å². The van der Waals surface area contributed by atoms with Gasteiger partial charge in [-0.2, -0.15) is 16.4 Å². The first-order valence-electron chi connectivity index (χ1n) is 6.81. The largest absolute Gasteiger partial charge is 0.391 e. The zero-order chi connectivity index (χ0) is 14.8. The van der Waals surface area contributed by atoms with E-state index in [1.54, 1.807) is 29.4 Å². The lowest BCUT2D eigenvalue weighted by molar-refractivity contribution is -0.0745. The van der Waals surface area contributed by atoms with E-state index in [0.29, 0.717) is 25.3 Å². The molecule has 3 heterocycles. The minimum atomic E-state index is -0.596. The van der Waals surface area contributed by atoms with Gasteiger partial charge in [-0.15, -0.1) is 0 Å². The third-order valence-electron chi connectivity index (χ3n) is 3.60. The molecule has 21 heavy (non-hydrogen) atoms. The average molecular weight is 307 g/mol. The van der Waals surface area contributed by atoms with Crippen molar-refractivity contribution >= 4 is 17.2 Å². The maximum Gasteiger partial charge on any atom is 0.257 e. The number of hydrogen-bond donors (Lipinski definition) is 2. The summed E-state index contributed by atoms with van der Waals surface area (Å²) in [6, 6.07) is 1.95. The molecule has 2 N–H and O–H groups in total. The van der Waals surface area contributed by atoms with Gasteiger partial charge in [0.25, 0.3) is 5.91 Å². The van der Waals surface area contributed by atoms with E-state index in [9.17, 15) is 9.90 Å². The number of amides is 1. The van der Waals surface area contributed by atoms with Crippen molar-refractivity contribution in [2.24, 2.45) is 0 Å². The van der Waals surface area contributed by atoms with Gasteiger partial charge in [0.2, 0.25) is 0 Å². The Bertz CT molecular complexity index is 609. The van der Waals surface area contributed by atoms with Crippen LogP contribution in [0.1, 0.15) is 17.3 Å². The number of carbonyl (C=O) groups is 1. The van der Waals surface area contributed by atoms with E-state index in [2.05, 4.69) is 10.2 Å². The van der Waals surface area contributed by atoms with Crippen molar-refractivity contribution < 1.29 is 14.6 Å². The van der Waals surface area contributed by atoms with Crippen LogP contribution in [0.3, 0.4) is 0 Å². The minimum absolute atomic E-state index is 0.0844. The number of ether oxygens (including phenoxy) is 1. The Labute approximate surface area is 126 Å². The summed E-state index contributed by atoms with van der Waals surface area (Å²) in [6.45, 7) is 3.03. The summed E-state index contributed by atoms with van der Waals surface area (Å²) in [7, 11) is 0. The molecule has 6 nitrogen and oxygen atoms in total. The molecule has 0 bridgehead atoms. The van der Waals surface area contributed by atoms with Gasteiger partial charge < -0.3 is 14.7 Å². The molecule has 2 aromatic rings. The molecule has 2 atom stereocenters. The standard InChI is InChI=1S/C14H17N3O3S/c1-9(18)12-7-17(3-4-20-12)14(19)11-6-15-16-13(11)10-2-5-21-8-10/h2,5-6,8-9,12,18H,3-4,7H2,1H3,(H,15,16). The lowest BCUT2D eigenvalue weighted by atomic mass is 10.1. The molecule has 0 aliphatic carbocycles. The zero-order valence-electron chi connectivity index (χ0n) is 11.7. The second kappa shape index (κ2) is 5.97. The highest BCUT2D eigenvalue weighted by atomic mass is 32.1. The molecule has 0 aromatic carbocycles. The van der Waals surface area contributed by atoms with Crippen molar-refractivity contribution in [2.75, 3.05) is 19.7 Å². The van der Waals surface area contributed by atoms with Gasteiger partial charge >= 0.3 is 0 Å². The molecule has 1 fully saturated rings. The molecule has 1 aliphatic heterocycles. The normalized spacial score (nSPS) is 20.5. The van der Waals surface area contributed by atoms with Crippen LogP contribution in [0.2, 0.25) is 0 Å². The molecule has 0 radical (unpaired) electrons. The molecule has 3 rings (SSSR count). The summed E-state index contributed by atoms with van der Waals surface area (Å²) in [6.07, 6.45) is 0.628. The van der Waals surface area contributed by atoms with Crippen LogP contribution in [0.15, 0.2) is 23.0 Å². The van der Waals surface area contributed by atoms with Crippen molar-refractivity contribution in [1.82, 2.24) is 15.1 Å².